The van der Waals surface area contributed by atoms with Crippen LogP contribution in [0.1, 0.15) is 6.92 Å². The van der Waals surface area contributed by atoms with Crippen molar-refractivity contribution in [1.82, 2.24) is 9.55 Å². The fraction of sp³-hybridized carbons (Fsp3) is 0.250. The molecule has 17 heavy (non-hydrogen) atoms. The molecular weight excluding hydrogens is 218 g/mol. The van der Waals surface area contributed by atoms with Gasteiger partial charge in [-0.1, -0.05) is 12.1 Å². The molecule has 0 saturated carbocycles. The van der Waals surface area contributed by atoms with Crippen molar-refractivity contribution in [3.63, 3.8) is 0 Å². The Kier molecular flexibility index (Phi) is 2.79. The molecule has 1 atom stereocenters. The molecule has 0 aliphatic carbocycles. The zero-order chi connectivity index (χ0) is 12.4. The molecule has 0 fully saturated rings. The molecule has 2 rings (SSSR count). The van der Waals surface area contributed by atoms with Crippen molar-refractivity contribution in [2.75, 3.05) is 0 Å². The van der Waals surface area contributed by atoms with E-state index in [4.69, 9.17) is 5.26 Å². The molecule has 0 bridgehead atoms. The topological polar surface area (TPSA) is 78.7 Å². The van der Waals surface area contributed by atoms with Gasteiger partial charge in [0.2, 0.25) is 0 Å². The van der Waals surface area contributed by atoms with Crippen molar-refractivity contribution >= 4 is 10.9 Å². The summed E-state index contributed by atoms with van der Waals surface area (Å²) in [7, 11) is 0. The van der Waals surface area contributed by atoms with Gasteiger partial charge in [-0.3, -0.25) is 14.3 Å². The number of H-pyrrole nitrogens is 1. The van der Waals surface area contributed by atoms with E-state index in [1.165, 1.54) is 4.57 Å². The highest BCUT2D eigenvalue weighted by Crippen LogP contribution is 2.08. The van der Waals surface area contributed by atoms with E-state index >= 15 is 0 Å². The van der Waals surface area contributed by atoms with Crippen LogP contribution in [-0.2, 0) is 6.54 Å². The summed E-state index contributed by atoms with van der Waals surface area (Å²) in [6.07, 6.45) is 0. The van der Waals surface area contributed by atoms with Crippen LogP contribution in [0, 0.1) is 17.2 Å². The molecule has 0 amide bonds. The van der Waals surface area contributed by atoms with Gasteiger partial charge in [0.25, 0.3) is 5.56 Å². The van der Waals surface area contributed by atoms with Gasteiger partial charge in [0, 0.05) is 6.54 Å². The largest absolute Gasteiger partial charge is 0.328 e. The molecule has 2 aromatic rings. The monoisotopic (exact) mass is 229 g/mol. The van der Waals surface area contributed by atoms with Crippen LogP contribution in [0.25, 0.3) is 10.9 Å². The van der Waals surface area contributed by atoms with E-state index < -0.39 is 11.2 Å². The minimum atomic E-state index is -0.476. The van der Waals surface area contributed by atoms with Crippen LogP contribution in [0.3, 0.4) is 0 Å². The fourth-order valence-corrected chi connectivity index (χ4v) is 1.74. The molecule has 1 heterocycles. The average Bonchev–Trinajstić information content (AvgIpc) is 2.34. The van der Waals surface area contributed by atoms with Crippen LogP contribution in [0.4, 0.5) is 0 Å². The predicted octanol–water partition coefficient (Wildman–Crippen LogP) is 0.849. The van der Waals surface area contributed by atoms with Gasteiger partial charge in [-0.05, 0) is 19.1 Å². The van der Waals surface area contributed by atoms with E-state index in [0.29, 0.717) is 10.9 Å². The lowest BCUT2D eigenvalue weighted by molar-refractivity contribution is 0.569. The highest BCUT2D eigenvalue weighted by Gasteiger charge is 2.09. The van der Waals surface area contributed by atoms with E-state index in [2.05, 4.69) is 11.1 Å². The molecule has 1 aromatic carbocycles. The minimum Gasteiger partial charge on any atom is -0.292 e. The Hall–Kier alpha value is -2.35. The Balaban J connectivity index is 2.75. The SMILES string of the molecule is CC(C#N)Cn1c(=O)[nH]c(=O)c2ccccc21. The Labute approximate surface area is 96.9 Å². The number of rotatable bonds is 2. The summed E-state index contributed by atoms with van der Waals surface area (Å²) in [5, 5.41) is 9.23. The summed E-state index contributed by atoms with van der Waals surface area (Å²) < 4.78 is 1.42. The minimum absolute atomic E-state index is 0.270. The zero-order valence-corrected chi connectivity index (χ0v) is 9.30. The maximum atomic E-state index is 11.7. The highest BCUT2D eigenvalue weighted by atomic mass is 16.2. The Morgan fingerprint density at radius 1 is 1.41 bits per heavy atom. The van der Waals surface area contributed by atoms with E-state index in [1.54, 1.807) is 31.2 Å². The average molecular weight is 229 g/mol. The van der Waals surface area contributed by atoms with Gasteiger partial charge >= 0.3 is 5.69 Å². The molecular formula is C12H11N3O2. The molecule has 0 aliphatic heterocycles. The molecule has 0 aliphatic rings. The highest BCUT2D eigenvalue weighted by molar-refractivity contribution is 5.77. The third-order valence-electron chi connectivity index (χ3n) is 2.58. The lowest BCUT2D eigenvalue weighted by Gasteiger charge is -2.09. The van der Waals surface area contributed by atoms with Gasteiger partial charge in [-0.25, -0.2) is 4.79 Å². The number of hydrogen-bond donors (Lipinski definition) is 1. The molecule has 1 aromatic heterocycles. The molecule has 0 saturated heterocycles. The van der Waals surface area contributed by atoms with Gasteiger partial charge in [0.05, 0.1) is 22.9 Å². The zero-order valence-electron chi connectivity index (χ0n) is 9.30. The first kappa shape index (κ1) is 11.1. The van der Waals surface area contributed by atoms with Crippen LogP contribution < -0.4 is 11.2 Å². The Morgan fingerprint density at radius 3 is 2.82 bits per heavy atom. The Bertz CT molecular complexity index is 706. The van der Waals surface area contributed by atoms with Crippen LogP contribution in [0.15, 0.2) is 33.9 Å². The van der Waals surface area contributed by atoms with Gasteiger partial charge in [0.1, 0.15) is 0 Å². The molecule has 5 heteroatoms. The predicted molar refractivity (Wildman–Crippen MR) is 63.6 cm³/mol. The second kappa shape index (κ2) is 4.26. The first-order valence-corrected chi connectivity index (χ1v) is 5.25. The van der Waals surface area contributed by atoms with Crippen LogP contribution in [0.2, 0.25) is 0 Å². The van der Waals surface area contributed by atoms with Crippen molar-refractivity contribution in [1.29, 1.82) is 5.26 Å². The lowest BCUT2D eigenvalue weighted by Crippen LogP contribution is -2.31. The number of para-hydroxylation sites is 1. The van der Waals surface area contributed by atoms with Gasteiger partial charge < -0.3 is 0 Å². The second-order valence-corrected chi connectivity index (χ2v) is 3.92. The third-order valence-corrected chi connectivity index (χ3v) is 2.58. The van der Waals surface area contributed by atoms with Crippen molar-refractivity contribution < 1.29 is 0 Å². The van der Waals surface area contributed by atoms with Crippen LogP contribution >= 0.6 is 0 Å². The van der Waals surface area contributed by atoms with Gasteiger partial charge in [-0.15, -0.1) is 0 Å². The summed E-state index contributed by atoms with van der Waals surface area (Å²) in [4.78, 5) is 25.5. The summed E-state index contributed by atoms with van der Waals surface area (Å²) >= 11 is 0. The number of nitriles is 1. The molecule has 0 spiro atoms. The summed E-state index contributed by atoms with van der Waals surface area (Å²) in [6, 6.07) is 8.92. The van der Waals surface area contributed by atoms with E-state index in [9.17, 15) is 9.59 Å². The smallest absolute Gasteiger partial charge is 0.292 e. The molecule has 86 valence electrons. The molecule has 0 radical (unpaired) electrons. The number of aromatic amines is 1. The Morgan fingerprint density at radius 2 is 2.12 bits per heavy atom. The number of nitrogens with zero attached hydrogens (tertiary/aromatic N) is 2. The first-order valence-electron chi connectivity index (χ1n) is 5.25. The van der Waals surface area contributed by atoms with E-state index in [1.807, 2.05) is 0 Å². The maximum Gasteiger partial charge on any atom is 0.328 e. The van der Waals surface area contributed by atoms with Crippen molar-refractivity contribution in [3.8, 4) is 6.07 Å². The van der Waals surface area contributed by atoms with Gasteiger partial charge in [-0.2, -0.15) is 5.26 Å². The molecule has 1 unspecified atom stereocenters. The van der Waals surface area contributed by atoms with Crippen LogP contribution in [-0.4, -0.2) is 9.55 Å². The third kappa shape index (κ3) is 1.97. The molecule has 1 N–H and O–H groups in total. The second-order valence-electron chi connectivity index (χ2n) is 3.92. The van der Waals surface area contributed by atoms with Crippen molar-refractivity contribution in [2.24, 2.45) is 5.92 Å². The number of fused-ring (bicyclic) bond motifs is 1. The summed E-state index contributed by atoms with van der Waals surface area (Å²) in [6.45, 7) is 2.00. The van der Waals surface area contributed by atoms with E-state index in [-0.39, 0.29) is 12.5 Å². The quantitative estimate of drug-likeness (QED) is 0.829. The van der Waals surface area contributed by atoms with Crippen molar-refractivity contribution in [2.45, 2.75) is 13.5 Å². The summed E-state index contributed by atoms with van der Waals surface area (Å²) in [5.41, 5.74) is -0.314. The first-order chi connectivity index (χ1) is 8.13. The fourth-order valence-electron chi connectivity index (χ4n) is 1.74. The van der Waals surface area contributed by atoms with E-state index in [0.717, 1.165) is 0 Å². The summed E-state index contributed by atoms with van der Waals surface area (Å²) in [5.74, 6) is -0.290. The molecule has 5 nitrogen and oxygen atoms in total. The van der Waals surface area contributed by atoms with Crippen LogP contribution in [0.5, 0.6) is 0 Å². The van der Waals surface area contributed by atoms with Gasteiger partial charge in [0.15, 0.2) is 0 Å². The number of aromatic nitrogens is 2. The maximum absolute atomic E-state index is 11.7. The normalized spacial score (nSPS) is 12.2. The number of hydrogen-bond acceptors (Lipinski definition) is 3. The van der Waals surface area contributed by atoms with Crippen molar-refractivity contribution in [3.05, 3.63) is 45.1 Å². The number of benzene rings is 1. The number of nitrogens with one attached hydrogen (secondary N) is 1. The lowest BCUT2D eigenvalue weighted by atomic mass is 10.2. The standard InChI is InChI=1S/C12H11N3O2/c1-8(6-13)7-15-10-5-3-2-4-9(10)11(16)14-12(15)17/h2-5,8H,7H2,1H3,(H,14,16,17).